The number of anilines is 1. The zero-order valence-corrected chi connectivity index (χ0v) is 11.6. The molecule has 0 spiro atoms. The predicted octanol–water partition coefficient (Wildman–Crippen LogP) is 2.83. The number of ether oxygens (including phenoxy) is 2. The molecule has 0 fully saturated rings. The zero-order chi connectivity index (χ0) is 14.4. The Balaban J connectivity index is 2.11. The van der Waals surface area contributed by atoms with Gasteiger partial charge in [-0.3, -0.25) is 0 Å². The Morgan fingerprint density at radius 1 is 1.30 bits per heavy atom. The Bertz CT molecular complexity index is 525. The number of furan rings is 1. The molecular formula is C15H19NO4. The highest BCUT2D eigenvalue weighted by Gasteiger charge is 2.10. The summed E-state index contributed by atoms with van der Waals surface area (Å²) in [6, 6.07) is 9.40. The Morgan fingerprint density at radius 3 is 2.80 bits per heavy atom. The highest BCUT2D eigenvalue weighted by Crippen LogP contribution is 2.31. The summed E-state index contributed by atoms with van der Waals surface area (Å²) < 4.78 is 16.0. The molecule has 0 aliphatic carbocycles. The Hall–Kier alpha value is -2.14. The molecule has 1 atom stereocenters. The lowest BCUT2D eigenvalue weighted by atomic mass is 10.2. The maximum absolute atomic E-state index is 8.84. The minimum Gasteiger partial charge on any atom is -0.493 e. The van der Waals surface area contributed by atoms with Gasteiger partial charge in [-0.2, -0.15) is 0 Å². The largest absolute Gasteiger partial charge is 0.493 e. The maximum atomic E-state index is 8.84. The topological polar surface area (TPSA) is 63.9 Å². The Kier molecular flexibility index (Phi) is 4.90. The molecule has 0 aliphatic rings. The van der Waals surface area contributed by atoms with Crippen molar-refractivity contribution in [2.75, 3.05) is 25.6 Å². The fourth-order valence-corrected chi connectivity index (χ4v) is 1.89. The highest BCUT2D eigenvalue weighted by atomic mass is 16.5. The summed E-state index contributed by atoms with van der Waals surface area (Å²) in [5, 5.41) is 12.2. The smallest absolute Gasteiger partial charge is 0.163 e. The monoisotopic (exact) mass is 277 g/mol. The summed E-state index contributed by atoms with van der Waals surface area (Å²) in [5.41, 5.74) is 0.891. The van der Waals surface area contributed by atoms with E-state index in [2.05, 4.69) is 5.32 Å². The van der Waals surface area contributed by atoms with Crippen molar-refractivity contribution in [2.45, 2.75) is 13.0 Å². The van der Waals surface area contributed by atoms with Crippen LogP contribution in [-0.2, 0) is 0 Å². The van der Waals surface area contributed by atoms with Crippen molar-refractivity contribution in [1.29, 1.82) is 0 Å². The fraction of sp³-hybridized carbons (Fsp3) is 0.333. The molecular weight excluding hydrogens is 258 g/mol. The number of nitrogens with one attached hydrogen (secondary N) is 1. The average molecular weight is 277 g/mol. The molecule has 1 heterocycles. The van der Waals surface area contributed by atoms with E-state index in [1.165, 1.54) is 0 Å². The van der Waals surface area contributed by atoms with Crippen molar-refractivity contribution in [3.63, 3.8) is 0 Å². The normalized spacial score (nSPS) is 11.9. The van der Waals surface area contributed by atoms with Crippen LogP contribution >= 0.6 is 0 Å². The third kappa shape index (κ3) is 3.45. The summed E-state index contributed by atoms with van der Waals surface area (Å²) in [6.45, 7) is 2.20. The van der Waals surface area contributed by atoms with Gasteiger partial charge in [-0.05, 0) is 31.2 Å². The van der Waals surface area contributed by atoms with E-state index in [1.807, 2.05) is 37.3 Å². The van der Waals surface area contributed by atoms with Crippen LogP contribution in [0.3, 0.4) is 0 Å². The summed E-state index contributed by atoms with van der Waals surface area (Å²) in [6.07, 6.45) is 1.65. The summed E-state index contributed by atoms with van der Waals surface area (Å²) in [4.78, 5) is 0. The molecule has 0 amide bonds. The number of benzene rings is 1. The Morgan fingerprint density at radius 2 is 2.15 bits per heavy atom. The van der Waals surface area contributed by atoms with Gasteiger partial charge < -0.3 is 24.3 Å². The van der Waals surface area contributed by atoms with Gasteiger partial charge in [-0.25, -0.2) is 0 Å². The first-order valence-corrected chi connectivity index (χ1v) is 6.46. The molecule has 0 aliphatic heterocycles. The third-order valence-corrected chi connectivity index (χ3v) is 2.87. The molecule has 1 aromatic heterocycles. The second kappa shape index (κ2) is 6.86. The highest BCUT2D eigenvalue weighted by molar-refractivity contribution is 5.55. The van der Waals surface area contributed by atoms with E-state index in [4.69, 9.17) is 19.0 Å². The van der Waals surface area contributed by atoms with E-state index in [1.54, 1.807) is 13.4 Å². The number of aliphatic hydroxyl groups excluding tert-OH is 1. The molecule has 5 nitrogen and oxygen atoms in total. The molecule has 0 saturated carbocycles. The van der Waals surface area contributed by atoms with Crippen LogP contribution in [0, 0.1) is 0 Å². The van der Waals surface area contributed by atoms with E-state index in [0.717, 1.165) is 11.4 Å². The molecule has 2 N–H and O–H groups in total. The molecule has 1 unspecified atom stereocenters. The Labute approximate surface area is 118 Å². The summed E-state index contributed by atoms with van der Waals surface area (Å²) >= 11 is 0. The summed E-state index contributed by atoms with van der Waals surface area (Å²) in [7, 11) is 1.58. The first-order chi connectivity index (χ1) is 9.74. The van der Waals surface area contributed by atoms with Crippen molar-refractivity contribution < 1.29 is 19.0 Å². The van der Waals surface area contributed by atoms with Crippen LogP contribution in [0.1, 0.15) is 18.7 Å². The SMILES string of the molecule is COc1ccc(NC(C)c2ccco2)cc1OCCO. The second-order valence-electron chi connectivity index (χ2n) is 4.32. The van der Waals surface area contributed by atoms with Crippen molar-refractivity contribution in [3.05, 3.63) is 42.4 Å². The van der Waals surface area contributed by atoms with E-state index in [-0.39, 0.29) is 19.3 Å². The lowest BCUT2D eigenvalue weighted by molar-refractivity contribution is 0.196. The fourth-order valence-electron chi connectivity index (χ4n) is 1.89. The van der Waals surface area contributed by atoms with Gasteiger partial charge in [-0.1, -0.05) is 0 Å². The zero-order valence-electron chi connectivity index (χ0n) is 11.6. The van der Waals surface area contributed by atoms with Crippen LogP contribution in [-0.4, -0.2) is 25.4 Å². The molecule has 2 aromatic rings. The minimum atomic E-state index is -0.0381. The van der Waals surface area contributed by atoms with Crippen LogP contribution < -0.4 is 14.8 Å². The lowest BCUT2D eigenvalue weighted by Gasteiger charge is -2.16. The summed E-state index contributed by atoms with van der Waals surface area (Å²) in [5.74, 6) is 2.09. The molecule has 20 heavy (non-hydrogen) atoms. The first-order valence-electron chi connectivity index (χ1n) is 6.46. The molecule has 5 heteroatoms. The van der Waals surface area contributed by atoms with Crippen molar-refractivity contribution >= 4 is 5.69 Å². The van der Waals surface area contributed by atoms with Gasteiger partial charge in [0.25, 0.3) is 0 Å². The van der Waals surface area contributed by atoms with Crippen molar-refractivity contribution in [2.24, 2.45) is 0 Å². The van der Waals surface area contributed by atoms with Crippen LogP contribution in [0.5, 0.6) is 11.5 Å². The van der Waals surface area contributed by atoms with Gasteiger partial charge >= 0.3 is 0 Å². The number of hydrogen-bond donors (Lipinski definition) is 2. The molecule has 0 bridgehead atoms. The lowest BCUT2D eigenvalue weighted by Crippen LogP contribution is -2.07. The number of methoxy groups -OCH3 is 1. The van der Waals surface area contributed by atoms with Crippen LogP contribution in [0.15, 0.2) is 41.0 Å². The molecule has 108 valence electrons. The molecule has 0 radical (unpaired) electrons. The standard InChI is InChI=1S/C15H19NO4/c1-11(13-4-3-8-19-13)16-12-5-6-14(18-2)15(10-12)20-9-7-17/h3-6,8,10-11,16-17H,7,9H2,1-2H3. The van der Waals surface area contributed by atoms with Gasteiger partial charge in [0, 0.05) is 11.8 Å². The van der Waals surface area contributed by atoms with Crippen LogP contribution in [0.4, 0.5) is 5.69 Å². The maximum Gasteiger partial charge on any atom is 0.163 e. The first kappa shape index (κ1) is 14.3. The van der Waals surface area contributed by atoms with E-state index < -0.39 is 0 Å². The number of aliphatic hydroxyl groups is 1. The quantitative estimate of drug-likeness (QED) is 0.814. The molecule has 2 rings (SSSR count). The second-order valence-corrected chi connectivity index (χ2v) is 4.32. The van der Waals surface area contributed by atoms with Gasteiger partial charge in [0.15, 0.2) is 11.5 Å². The third-order valence-electron chi connectivity index (χ3n) is 2.87. The molecule has 0 saturated heterocycles. The minimum absolute atomic E-state index is 0.0381. The van der Waals surface area contributed by atoms with Crippen molar-refractivity contribution in [3.8, 4) is 11.5 Å². The van der Waals surface area contributed by atoms with E-state index >= 15 is 0 Å². The van der Waals surface area contributed by atoms with Gasteiger partial charge in [-0.15, -0.1) is 0 Å². The van der Waals surface area contributed by atoms with Crippen molar-refractivity contribution in [1.82, 2.24) is 0 Å². The number of hydrogen-bond acceptors (Lipinski definition) is 5. The predicted molar refractivity (Wildman–Crippen MR) is 76.3 cm³/mol. The van der Waals surface area contributed by atoms with Gasteiger partial charge in [0.2, 0.25) is 0 Å². The van der Waals surface area contributed by atoms with Crippen LogP contribution in [0.2, 0.25) is 0 Å². The molecule has 1 aromatic carbocycles. The van der Waals surface area contributed by atoms with E-state index in [0.29, 0.717) is 11.5 Å². The average Bonchev–Trinajstić information content (AvgIpc) is 2.99. The van der Waals surface area contributed by atoms with Crippen LogP contribution in [0.25, 0.3) is 0 Å². The van der Waals surface area contributed by atoms with Gasteiger partial charge in [0.05, 0.1) is 26.0 Å². The number of rotatable bonds is 7. The van der Waals surface area contributed by atoms with Gasteiger partial charge in [0.1, 0.15) is 12.4 Å². The van der Waals surface area contributed by atoms with E-state index in [9.17, 15) is 0 Å².